The molecule has 2 saturated heterocycles. The lowest BCUT2D eigenvalue weighted by atomic mass is 9.39. The molecule has 0 radical (unpaired) electrons. The molecule has 0 unspecified atom stereocenters. The molecule has 43 heavy (non-hydrogen) atoms. The minimum atomic E-state index is -2.41. The highest BCUT2D eigenvalue weighted by Gasteiger charge is 2.85. The first-order valence-electron chi connectivity index (χ1n) is 13.9. The zero-order valence-electron chi connectivity index (χ0n) is 25.1. The van der Waals surface area contributed by atoms with E-state index >= 15 is 0 Å². The minimum absolute atomic E-state index is 0.155. The van der Waals surface area contributed by atoms with Gasteiger partial charge in [0.15, 0.2) is 0 Å². The SMILES string of the molecule is COC(=O)[C@@]12OC[C@]34[C@H]([C@@H](O)[C@@H]1O)[C@@](C)(CC(=O)O)[C@H](C(C)=O)C[C@H]3OC(=O)[C@H](OC(=O)/C=C(\C)C(C)(C)OC(C)=O)[C@@H]24. The van der Waals surface area contributed by atoms with Crippen LogP contribution >= 0.6 is 0 Å². The van der Waals surface area contributed by atoms with Crippen molar-refractivity contribution < 1.29 is 67.8 Å². The van der Waals surface area contributed by atoms with Crippen LogP contribution in [0.5, 0.6) is 0 Å². The number of aliphatic carboxylic acids is 1. The van der Waals surface area contributed by atoms with Crippen LogP contribution in [-0.2, 0) is 52.5 Å². The van der Waals surface area contributed by atoms with E-state index in [-0.39, 0.29) is 12.0 Å². The second-order valence-corrected chi connectivity index (χ2v) is 12.8. The van der Waals surface area contributed by atoms with E-state index in [4.69, 9.17) is 23.7 Å². The lowest BCUT2D eigenvalue weighted by Crippen LogP contribution is -2.79. The molecule has 0 aromatic rings. The molecule has 0 aromatic carbocycles. The number of ketones is 1. The van der Waals surface area contributed by atoms with E-state index in [1.165, 1.54) is 41.5 Å². The summed E-state index contributed by atoms with van der Waals surface area (Å²) in [6.45, 7) is 8.11. The summed E-state index contributed by atoms with van der Waals surface area (Å²) in [7, 11) is 1.01. The lowest BCUT2D eigenvalue weighted by molar-refractivity contribution is -0.290. The highest BCUT2D eigenvalue weighted by Crippen LogP contribution is 2.71. The van der Waals surface area contributed by atoms with Crippen molar-refractivity contribution in [3.63, 3.8) is 0 Å². The van der Waals surface area contributed by atoms with E-state index in [1.807, 2.05) is 0 Å². The fourth-order valence-corrected chi connectivity index (χ4v) is 8.28. The number of methoxy groups -OCH3 is 1. The summed E-state index contributed by atoms with van der Waals surface area (Å²) in [6, 6.07) is 0. The first-order chi connectivity index (χ1) is 19.8. The fourth-order valence-electron chi connectivity index (χ4n) is 8.28. The van der Waals surface area contributed by atoms with Gasteiger partial charge in [-0.2, -0.15) is 0 Å². The van der Waals surface area contributed by atoms with Crippen LogP contribution in [0, 0.1) is 28.6 Å². The van der Waals surface area contributed by atoms with Crippen LogP contribution in [0.4, 0.5) is 0 Å². The van der Waals surface area contributed by atoms with Gasteiger partial charge in [0.25, 0.3) is 0 Å². The number of carbonyl (C=O) groups excluding carboxylic acids is 5. The van der Waals surface area contributed by atoms with Crippen LogP contribution in [0.1, 0.15) is 54.4 Å². The molecule has 4 aliphatic rings. The second kappa shape index (κ2) is 10.7. The van der Waals surface area contributed by atoms with Crippen molar-refractivity contribution in [1.82, 2.24) is 0 Å². The van der Waals surface area contributed by atoms with E-state index in [0.717, 1.165) is 13.2 Å². The van der Waals surface area contributed by atoms with Gasteiger partial charge in [-0.3, -0.25) is 14.4 Å². The number of carboxylic acid groups (broad SMARTS) is 1. The first-order valence-corrected chi connectivity index (χ1v) is 13.9. The van der Waals surface area contributed by atoms with Crippen molar-refractivity contribution in [3.05, 3.63) is 11.6 Å². The summed E-state index contributed by atoms with van der Waals surface area (Å²) in [4.78, 5) is 76.7. The highest BCUT2D eigenvalue weighted by molar-refractivity contribution is 5.90. The van der Waals surface area contributed by atoms with Crippen molar-refractivity contribution in [3.8, 4) is 0 Å². The van der Waals surface area contributed by atoms with Crippen molar-refractivity contribution in [2.75, 3.05) is 13.7 Å². The van der Waals surface area contributed by atoms with Gasteiger partial charge in [0.05, 0.1) is 32.2 Å². The number of rotatable bonds is 8. The molecule has 10 atom stereocenters. The van der Waals surface area contributed by atoms with Gasteiger partial charge >= 0.3 is 29.8 Å². The molecule has 2 bridgehead atoms. The van der Waals surface area contributed by atoms with Crippen LogP contribution in [0.3, 0.4) is 0 Å². The largest absolute Gasteiger partial charge is 0.481 e. The average molecular weight is 611 g/mol. The van der Waals surface area contributed by atoms with Crippen LogP contribution in [-0.4, -0.2) is 100 Å². The van der Waals surface area contributed by atoms with Crippen molar-refractivity contribution in [2.24, 2.45) is 28.6 Å². The van der Waals surface area contributed by atoms with Gasteiger partial charge in [-0.05, 0) is 45.1 Å². The molecular formula is C29H38O14. The van der Waals surface area contributed by atoms with Crippen molar-refractivity contribution >= 4 is 35.6 Å². The highest BCUT2D eigenvalue weighted by atomic mass is 16.6. The smallest absolute Gasteiger partial charge is 0.348 e. The molecule has 2 aliphatic carbocycles. The zero-order chi connectivity index (χ0) is 32.4. The second-order valence-electron chi connectivity index (χ2n) is 12.8. The lowest BCUT2D eigenvalue weighted by Gasteiger charge is -2.66. The standard InChI is InChI=1S/C29H38O14/c1-12(26(4,5)43-14(3)31)8-18(34)42-20-22-28-11-40-29(22,25(38)39-7)23(36)19(35)21(28)27(6,10-17(32)33)15(13(2)30)9-16(28)41-24(20)37/h8,15-16,19-23,35-36H,9-11H2,1-7H3,(H,32,33)/b12-8+/t15-,16+,19+,20+,21+,22+,23-,27-,28+,29-/m0/s1. The number of carboxylic acids is 1. The number of ether oxygens (including phenoxy) is 5. The van der Waals surface area contributed by atoms with Crippen LogP contribution in [0.25, 0.3) is 0 Å². The number of carbonyl (C=O) groups is 6. The van der Waals surface area contributed by atoms with E-state index in [2.05, 4.69) is 0 Å². The maximum atomic E-state index is 13.6. The molecule has 1 spiro atoms. The Labute approximate surface area is 247 Å². The molecule has 3 N–H and O–H groups in total. The Morgan fingerprint density at radius 1 is 1.09 bits per heavy atom. The van der Waals surface area contributed by atoms with E-state index in [9.17, 15) is 44.1 Å². The Hall–Kier alpha value is -3.36. The normalized spacial score (nSPS) is 40.1. The van der Waals surface area contributed by atoms with Crippen LogP contribution in [0.15, 0.2) is 11.6 Å². The van der Waals surface area contributed by atoms with Crippen molar-refractivity contribution in [2.45, 2.75) is 90.0 Å². The number of aliphatic hydroxyl groups excluding tert-OH is 2. The van der Waals surface area contributed by atoms with Gasteiger partial charge in [-0.1, -0.05) is 6.92 Å². The third kappa shape index (κ3) is 4.65. The maximum absolute atomic E-state index is 13.6. The molecule has 14 heteroatoms. The molecule has 4 rings (SSSR count). The molecule has 2 saturated carbocycles. The molecule has 2 heterocycles. The minimum Gasteiger partial charge on any atom is -0.481 e. The predicted octanol–water partition coefficient (Wildman–Crippen LogP) is 0.0977. The zero-order valence-corrected chi connectivity index (χ0v) is 25.1. The number of esters is 4. The summed E-state index contributed by atoms with van der Waals surface area (Å²) < 4.78 is 27.6. The summed E-state index contributed by atoms with van der Waals surface area (Å²) >= 11 is 0. The van der Waals surface area contributed by atoms with Gasteiger partial charge in [-0.15, -0.1) is 0 Å². The molecule has 4 fully saturated rings. The predicted molar refractivity (Wildman–Crippen MR) is 141 cm³/mol. The molecular weight excluding hydrogens is 572 g/mol. The van der Waals surface area contributed by atoms with E-state index in [1.54, 1.807) is 0 Å². The van der Waals surface area contributed by atoms with E-state index in [0.29, 0.717) is 0 Å². The molecule has 238 valence electrons. The topological polar surface area (TPSA) is 209 Å². The van der Waals surface area contributed by atoms with Gasteiger partial charge in [-0.25, -0.2) is 14.4 Å². The van der Waals surface area contributed by atoms with Crippen LogP contribution < -0.4 is 0 Å². The summed E-state index contributed by atoms with van der Waals surface area (Å²) in [5.41, 5.74) is -6.46. The number of aliphatic hydroxyl groups is 2. The van der Waals surface area contributed by atoms with Gasteiger partial charge in [0.2, 0.25) is 11.7 Å². The van der Waals surface area contributed by atoms with Gasteiger partial charge in [0.1, 0.15) is 23.6 Å². The van der Waals surface area contributed by atoms with E-state index < -0.39 is 113 Å². The van der Waals surface area contributed by atoms with Gasteiger partial charge in [0, 0.05) is 30.3 Å². The quantitative estimate of drug-likeness (QED) is 0.189. The Bertz CT molecular complexity index is 1290. The van der Waals surface area contributed by atoms with Crippen molar-refractivity contribution in [1.29, 1.82) is 0 Å². The fraction of sp³-hybridized carbons (Fsp3) is 0.724. The molecule has 0 aromatic heterocycles. The number of hydrogen-bond acceptors (Lipinski definition) is 13. The Balaban J connectivity index is 1.89. The Morgan fingerprint density at radius 2 is 1.72 bits per heavy atom. The molecule has 0 amide bonds. The third-order valence-electron chi connectivity index (χ3n) is 10.1. The summed E-state index contributed by atoms with van der Waals surface area (Å²) in [5.74, 6) is -9.39. The van der Waals surface area contributed by atoms with Gasteiger partial charge < -0.3 is 39.0 Å². The summed E-state index contributed by atoms with van der Waals surface area (Å²) in [5, 5.41) is 33.1. The van der Waals surface area contributed by atoms with Crippen LogP contribution in [0.2, 0.25) is 0 Å². The average Bonchev–Trinajstić information content (AvgIpc) is 3.18. The summed E-state index contributed by atoms with van der Waals surface area (Å²) in [6.07, 6.45) is -6.71. The Kier molecular flexibility index (Phi) is 8.07. The maximum Gasteiger partial charge on any atom is 0.348 e. The molecule has 14 nitrogen and oxygen atoms in total. The Morgan fingerprint density at radius 3 is 2.26 bits per heavy atom. The molecule has 2 aliphatic heterocycles. The number of hydrogen-bond donors (Lipinski definition) is 3. The number of Topliss-reactive ketones (excluding diaryl/α,β-unsaturated/α-hetero) is 1. The first kappa shape index (κ1) is 32.6. The monoisotopic (exact) mass is 610 g/mol. The third-order valence-corrected chi connectivity index (χ3v) is 10.1.